The van der Waals surface area contributed by atoms with Crippen LogP contribution in [0.4, 0.5) is 4.79 Å². The van der Waals surface area contributed by atoms with Crippen LogP contribution in [0, 0.1) is 0 Å². The Morgan fingerprint density at radius 2 is 2.04 bits per heavy atom. The summed E-state index contributed by atoms with van der Waals surface area (Å²) in [7, 11) is 0. The third-order valence-corrected chi connectivity index (χ3v) is 3.64. The summed E-state index contributed by atoms with van der Waals surface area (Å²) in [6.07, 6.45) is 2.59. The zero-order valence-electron chi connectivity index (χ0n) is 14.4. The Morgan fingerprint density at radius 3 is 2.74 bits per heavy atom. The van der Waals surface area contributed by atoms with Crippen molar-refractivity contribution in [2.75, 3.05) is 6.54 Å². The summed E-state index contributed by atoms with van der Waals surface area (Å²) < 4.78 is 5.26. The normalized spacial score (nSPS) is 13.0. The van der Waals surface area contributed by atoms with Gasteiger partial charge < -0.3 is 20.4 Å². The molecule has 1 amide bonds. The maximum Gasteiger partial charge on any atom is 0.407 e. The molecule has 0 aliphatic rings. The second-order valence-electron chi connectivity index (χ2n) is 6.73. The molecule has 2 rings (SSSR count). The second kappa shape index (κ2) is 7.51. The Kier molecular flexibility index (Phi) is 5.66. The molecule has 1 unspecified atom stereocenters. The highest BCUT2D eigenvalue weighted by atomic mass is 16.6. The summed E-state index contributed by atoms with van der Waals surface area (Å²) in [5.41, 5.74) is 1.91. The molecule has 0 spiro atoms. The Labute approximate surface area is 137 Å². The minimum absolute atomic E-state index is 0.205. The number of hydrogen-bond donors (Lipinski definition) is 3. The monoisotopic (exact) mass is 317 g/mol. The lowest BCUT2D eigenvalue weighted by Gasteiger charge is -2.22. The zero-order valence-corrected chi connectivity index (χ0v) is 14.4. The van der Waals surface area contributed by atoms with Crippen molar-refractivity contribution in [1.29, 1.82) is 0 Å². The van der Waals surface area contributed by atoms with Crippen molar-refractivity contribution in [3.8, 4) is 0 Å². The lowest BCUT2D eigenvalue weighted by molar-refractivity contribution is 0.0522. The van der Waals surface area contributed by atoms with Crippen LogP contribution in [0.25, 0.3) is 10.9 Å². The molecule has 0 saturated heterocycles. The fourth-order valence-electron chi connectivity index (χ4n) is 2.41. The van der Waals surface area contributed by atoms with Crippen molar-refractivity contribution in [3.05, 3.63) is 36.0 Å². The minimum atomic E-state index is -0.469. The summed E-state index contributed by atoms with van der Waals surface area (Å²) in [6.45, 7) is 8.99. The van der Waals surface area contributed by atoms with E-state index in [1.54, 1.807) is 0 Å². The number of rotatable bonds is 6. The number of amides is 1. The van der Waals surface area contributed by atoms with E-state index in [2.05, 4.69) is 34.7 Å². The Hall–Kier alpha value is -2.01. The highest BCUT2D eigenvalue weighted by Gasteiger charge is 2.17. The minimum Gasteiger partial charge on any atom is -0.444 e. The van der Waals surface area contributed by atoms with Crippen molar-refractivity contribution in [1.82, 2.24) is 15.6 Å². The van der Waals surface area contributed by atoms with E-state index in [4.69, 9.17) is 4.74 Å². The zero-order chi connectivity index (χ0) is 16.9. The van der Waals surface area contributed by atoms with E-state index in [1.807, 2.05) is 39.1 Å². The van der Waals surface area contributed by atoms with Crippen molar-refractivity contribution in [2.45, 2.75) is 52.3 Å². The number of aromatic nitrogens is 1. The predicted molar refractivity (Wildman–Crippen MR) is 93.5 cm³/mol. The summed E-state index contributed by atoms with van der Waals surface area (Å²) in [6, 6.07) is 8.45. The fourth-order valence-corrected chi connectivity index (χ4v) is 2.41. The van der Waals surface area contributed by atoms with Gasteiger partial charge in [-0.05, 0) is 38.8 Å². The molecule has 1 aromatic heterocycles. The quantitative estimate of drug-likeness (QED) is 0.763. The van der Waals surface area contributed by atoms with Gasteiger partial charge in [-0.2, -0.15) is 0 Å². The molecule has 5 heteroatoms. The molecule has 0 bridgehead atoms. The van der Waals surface area contributed by atoms with Crippen LogP contribution >= 0.6 is 0 Å². The molecule has 1 atom stereocenters. The van der Waals surface area contributed by atoms with Crippen LogP contribution < -0.4 is 10.6 Å². The van der Waals surface area contributed by atoms with Crippen LogP contribution in [0.5, 0.6) is 0 Å². The summed E-state index contributed by atoms with van der Waals surface area (Å²) in [4.78, 5) is 15.0. The van der Waals surface area contributed by atoms with E-state index >= 15 is 0 Å². The van der Waals surface area contributed by atoms with Crippen molar-refractivity contribution in [2.24, 2.45) is 0 Å². The summed E-state index contributed by atoms with van der Waals surface area (Å²) in [5.74, 6) is 0. The van der Waals surface area contributed by atoms with Gasteiger partial charge in [-0.1, -0.05) is 25.1 Å². The van der Waals surface area contributed by atoms with Crippen LogP contribution in [0.3, 0.4) is 0 Å². The lowest BCUT2D eigenvalue weighted by Crippen LogP contribution is -2.42. The number of aromatic amines is 1. The summed E-state index contributed by atoms with van der Waals surface area (Å²) >= 11 is 0. The molecule has 1 aromatic carbocycles. The second-order valence-corrected chi connectivity index (χ2v) is 6.73. The molecule has 0 fully saturated rings. The molecular weight excluding hydrogens is 290 g/mol. The molecule has 23 heavy (non-hydrogen) atoms. The van der Waals surface area contributed by atoms with Gasteiger partial charge in [0.15, 0.2) is 0 Å². The molecule has 0 radical (unpaired) electrons. The third kappa shape index (κ3) is 5.28. The number of H-pyrrole nitrogens is 1. The largest absolute Gasteiger partial charge is 0.444 e. The number of carbonyl (C=O) groups is 1. The maximum atomic E-state index is 11.7. The Balaban J connectivity index is 1.84. The number of carbonyl (C=O) groups excluding carboxylic acids is 1. The maximum absolute atomic E-state index is 11.7. The van der Waals surface area contributed by atoms with Gasteiger partial charge in [0.25, 0.3) is 0 Å². The van der Waals surface area contributed by atoms with Crippen LogP contribution in [0.15, 0.2) is 30.5 Å². The topological polar surface area (TPSA) is 66.2 Å². The third-order valence-electron chi connectivity index (χ3n) is 3.64. The summed E-state index contributed by atoms with van der Waals surface area (Å²) in [5, 5.41) is 7.55. The van der Waals surface area contributed by atoms with Crippen LogP contribution in [-0.2, 0) is 11.3 Å². The van der Waals surface area contributed by atoms with Gasteiger partial charge in [-0.25, -0.2) is 4.79 Å². The number of hydrogen-bond acceptors (Lipinski definition) is 3. The van der Waals surface area contributed by atoms with E-state index in [-0.39, 0.29) is 12.1 Å². The van der Waals surface area contributed by atoms with E-state index < -0.39 is 5.60 Å². The van der Waals surface area contributed by atoms with E-state index in [0.29, 0.717) is 6.54 Å². The number of para-hydroxylation sites is 1. The first kappa shape index (κ1) is 17.3. The van der Waals surface area contributed by atoms with Gasteiger partial charge in [-0.3, -0.25) is 0 Å². The van der Waals surface area contributed by atoms with Gasteiger partial charge in [-0.15, -0.1) is 0 Å². The molecular formula is C18H27N3O2. The molecule has 3 N–H and O–H groups in total. The van der Waals surface area contributed by atoms with Crippen molar-refractivity contribution >= 4 is 17.0 Å². The molecule has 126 valence electrons. The van der Waals surface area contributed by atoms with Gasteiger partial charge in [0.1, 0.15) is 5.60 Å². The number of ether oxygens (including phenoxy) is 1. The Bertz CT molecular complexity index is 643. The average molecular weight is 317 g/mol. The van der Waals surface area contributed by atoms with Crippen LogP contribution in [0.2, 0.25) is 0 Å². The Morgan fingerprint density at radius 1 is 1.30 bits per heavy atom. The lowest BCUT2D eigenvalue weighted by atomic mass is 10.1. The van der Waals surface area contributed by atoms with Gasteiger partial charge >= 0.3 is 6.09 Å². The van der Waals surface area contributed by atoms with Gasteiger partial charge in [0.05, 0.1) is 0 Å². The van der Waals surface area contributed by atoms with E-state index in [0.717, 1.165) is 18.5 Å². The van der Waals surface area contributed by atoms with E-state index in [9.17, 15) is 4.79 Å². The molecule has 2 aromatic rings. The van der Waals surface area contributed by atoms with Gasteiger partial charge in [0, 0.05) is 36.2 Å². The number of alkyl carbamates (subject to hydrolysis) is 1. The highest BCUT2D eigenvalue weighted by Crippen LogP contribution is 2.17. The van der Waals surface area contributed by atoms with E-state index in [1.165, 1.54) is 10.9 Å². The van der Waals surface area contributed by atoms with Crippen molar-refractivity contribution < 1.29 is 9.53 Å². The van der Waals surface area contributed by atoms with Crippen LogP contribution in [0.1, 0.15) is 39.7 Å². The molecule has 0 saturated carbocycles. The van der Waals surface area contributed by atoms with Crippen molar-refractivity contribution in [3.63, 3.8) is 0 Å². The fraction of sp³-hybridized carbons (Fsp3) is 0.500. The standard InChI is InChI=1S/C18H27N3O2/c1-5-14(12-21-17(22)23-18(2,3)4)19-10-13-11-20-16-9-7-6-8-15(13)16/h6-9,11,14,19-20H,5,10,12H2,1-4H3,(H,21,22). The first-order valence-corrected chi connectivity index (χ1v) is 8.14. The molecule has 1 heterocycles. The number of nitrogens with one attached hydrogen (secondary N) is 3. The predicted octanol–water partition coefficient (Wildman–Crippen LogP) is 3.56. The SMILES string of the molecule is CCC(CNC(=O)OC(C)(C)C)NCc1c[nH]c2ccccc12. The number of benzene rings is 1. The molecule has 5 nitrogen and oxygen atoms in total. The molecule has 0 aliphatic heterocycles. The van der Waals surface area contributed by atoms with Crippen LogP contribution in [-0.4, -0.2) is 29.3 Å². The molecule has 0 aliphatic carbocycles. The first-order valence-electron chi connectivity index (χ1n) is 8.14. The first-order chi connectivity index (χ1) is 10.9. The smallest absolute Gasteiger partial charge is 0.407 e. The number of fused-ring (bicyclic) bond motifs is 1. The van der Waals surface area contributed by atoms with Gasteiger partial charge in [0.2, 0.25) is 0 Å². The average Bonchev–Trinajstić information content (AvgIpc) is 2.89. The highest BCUT2D eigenvalue weighted by molar-refractivity contribution is 5.82.